The van der Waals surface area contributed by atoms with Crippen molar-refractivity contribution in [1.29, 1.82) is 0 Å². The molecular formula is C18H22N2O5. The van der Waals surface area contributed by atoms with Crippen LogP contribution in [0.25, 0.3) is 11.3 Å². The number of aryl methyl sites for hydroxylation is 1. The van der Waals surface area contributed by atoms with E-state index in [2.05, 4.69) is 10.5 Å². The van der Waals surface area contributed by atoms with Crippen LogP contribution in [0.4, 0.5) is 5.69 Å². The number of ether oxygens (including phenoxy) is 1. The monoisotopic (exact) mass is 346 g/mol. The number of carbonyl (C=O) groups is 2. The fourth-order valence-electron chi connectivity index (χ4n) is 2.62. The van der Waals surface area contributed by atoms with Gasteiger partial charge in [0, 0.05) is 6.92 Å². The van der Waals surface area contributed by atoms with E-state index in [1.165, 1.54) is 6.92 Å². The Labute approximate surface area is 146 Å². The summed E-state index contributed by atoms with van der Waals surface area (Å²) in [7, 11) is 0. The van der Waals surface area contributed by atoms with Crippen LogP contribution in [-0.2, 0) is 9.53 Å². The van der Waals surface area contributed by atoms with Gasteiger partial charge in [-0.3, -0.25) is 4.79 Å². The van der Waals surface area contributed by atoms with Crippen molar-refractivity contribution in [2.45, 2.75) is 40.5 Å². The molecule has 2 N–H and O–H groups in total. The van der Waals surface area contributed by atoms with Crippen LogP contribution in [0, 0.1) is 6.92 Å². The fraction of sp³-hybridized carbons (Fsp3) is 0.389. The molecule has 2 aromatic rings. The summed E-state index contributed by atoms with van der Waals surface area (Å²) < 4.78 is 10.2. The van der Waals surface area contributed by atoms with Crippen LogP contribution in [-0.4, -0.2) is 28.7 Å². The second kappa shape index (κ2) is 7.38. The highest BCUT2D eigenvalue weighted by molar-refractivity contribution is 6.03. The Hall–Kier alpha value is -2.83. The molecule has 0 fully saturated rings. The first kappa shape index (κ1) is 18.5. The van der Waals surface area contributed by atoms with E-state index in [1.807, 2.05) is 20.8 Å². The molecule has 0 aliphatic carbocycles. The van der Waals surface area contributed by atoms with Gasteiger partial charge in [-0.2, -0.15) is 0 Å². The maximum absolute atomic E-state index is 12.0. The van der Waals surface area contributed by atoms with Gasteiger partial charge in [0.2, 0.25) is 11.6 Å². The molecule has 2 rings (SSSR count). The number of hydrogen-bond acceptors (Lipinski definition) is 6. The highest BCUT2D eigenvalue weighted by Gasteiger charge is 2.27. The van der Waals surface area contributed by atoms with E-state index in [0.29, 0.717) is 5.56 Å². The molecule has 0 bridgehead atoms. The van der Waals surface area contributed by atoms with Crippen LogP contribution in [0.2, 0.25) is 0 Å². The first-order chi connectivity index (χ1) is 11.8. The molecule has 0 unspecified atom stereocenters. The van der Waals surface area contributed by atoms with E-state index in [1.54, 1.807) is 19.1 Å². The first-order valence-corrected chi connectivity index (χ1v) is 8.04. The predicted molar refractivity (Wildman–Crippen MR) is 92.7 cm³/mol. The van der Waals surface area contributed by atoms with Crippen LogP contribution in [0.1, 0.15) is 55.2 Å². The number of rotatable bonds is 5. The van der Waals surface area contributed by atoms with E-state index in [9.17, 15) is 14.7 Å². The van der Waals surface area contributed by atoms with Crippen LogP contribution < -0.4 is 5.32 Å². The third-order valence-electron chi connectivity index (χ3n) is 3.71. The molecule has 1 aromatic heterocycles. The molecular weight excluding hydrogens is 324 g/mol. The van der Waals surface area contributed by atoms with E-state index < -0.39 is 11.9 Å². The summed E-state index contributed by atoms with van der Waals surface area (Å²) in [4.78, 5) is 23.6. The first-order valence-electron chi connectivity index (χ1n) is 8.04. The average Bonchev–Trinajstić information content (AvgIpc) is 2.90. The Morgan fingerprint density at radius 1 is 1.36 bits per heavy atom. The van der Waals surface area contributed by atoms with Crippen LogP contribution >= 0.6 is 0 Å². The third-order valence-corrected chi connectivity index (χ3v) is 3.71. The molecule has 0 saturated carbocycles. The van der Waals surface area contributed by atoms with Gasteiger partial charge in [-0.15, -0.1) is 0 Å². The molecule has 0 aliphatic rings. The second-order valence-corrected chi connectivity index (χ2v) is 6.02. The number of phenolic OH excluding ortho intramolecular Hbond substituents is 1. The third kappa shape index (κ3) is 3.81. The predicted octanol–water partition coefficient (Wildman–Crippen LogP) is 3.61. The van der Waals surface area contributed by atoms with Gasteiger partial charge in [0.1, 0.15) is 11.4 Å². The van der Waals surface area contributed by atoms with Crippen molar-refractivity contribution in [2.75, 3.05) is 11.9 Å². The summed E-state index contributed by atoms with van der Waals surface area (Å²) >= 11 is 0. The van der Waals surface area contributed by atoms with E-state index in [4.69, 9.17) is 9.26 Å². The number of nitrogens with one attached hydrogen (secondary N) is 1. The Morgan fingerprint density at radius 2 is 2.04 bits per heavy atom. The zero-order valence-corrected chi connectivity index (χ0v) is 15.0. The van der Waals surface area contributed by atoms with Crippen molar-refractivity contribution in [2.24, 2.45) is 0 Å². The number of esters is 1. The normalized spacial score (nSPS) is 10.8. The number of anilines is 1. The standard InChI is InChI=1S/C18H22N2O5/c1-6-24-18(23)16-15(19-11(5)21)17(25-20-16)13-8-12(9(2)3)10(4)7-14(13)22/h7-9,22H,6H2,1-5H3,(H,19,21). The molecule has 0 radical (unpaired) electrons. The number of aromatic hydroxyl groups is 1. The molecule has 7 heteroatoms. The number of phenols is 1. The van der Waals surface area contributed by atoms with Gasteiger partial charge in [0.25, 0.3) is 0 Å². The maximum atomic E-state index is 12.0. The van der Waals surface area contributed by atoms with Gasteiger partial charge in [0.05, 0.1) is 12.2 Å². The van der Waals surface area contributed by atoms with Gasteiger partial charge in [-0.25, -0.2) is 4.79 Å². The molecule has 0 aliphatic heterocycles. The van der Waals surface area contributed by atoms with E-state index in [0.717, 1.165) is 11.1 Å². The van der Waals surface area contributed by atoms with Crippen LogP contribution in [0.3, 0.4) is 0 Å². The minimum absolute atomic E-state index is 0.0277. The van der Waals surface area contributed by atoms with Gasteiger partial charge in [-0.1, -0.05) is 19.0 Å². The minimum Gasteiger partial charge on any atom is -0.507 e. The van der Waals surface area contributed by atoms with Gasteiger partial charge >= 0.3 is 5.97 Å². The van der Waals surface area contributed by atoms with Gasteiger partial charge < -0.3 is 19.7 Å². The molecule has 1 heterocycles. The van der Waals surface area contributed by atoms with E-state index >= 15 is 0 Å². The highest BCUT2D eigenvalue weighted by Crippen LogP contribution is 2.39. The number of hydrogen-bond donors (Lipinski definition) is 2. The maximum Gasteiger partial charge on any atom is 0.362 e. The molecule has 7 nitrogen and oxygen atoms in total. The number of benzene rings is 1. The molecule has 0 saturated heterocycles. The number of aromatic nitrogens is 1. The molecule has 0 atom stereocenters. The molecule has 25 heavy (non-hydrogen) atoms. The van der Waals surface area contributed by atoms with Crippen molar-refractivity contribution in [3.05, 3.63) is 29.0 Å². The average molecular weight is 346 g/mol. The van der Waals surface area contributed by atoms with Crippen molar-refractivity contribution in [3.8, 4) is 17.1 Å². The largest absolute Gasteiger partial charge is 0.507 e. The lowest BCUT2D eigenvalue weighted by molar-refractivity contribution is -0.114. The lowest BCUT2D eigenvalue weighted by Gasteiger charge is -2.13. The summed E-state index contributed by atoms with van der Waals surface area (Å²) in [6.45, 7) is 9.09. The summed E-state index contributed by atoms with van der Waals surface area (Å²) in [5.41, 5.74) is 2.23. The summed E-state index contributed by atoms with van der Waals surface area (Å²) in [5.74, 6) is -0.809. The SMILES string of the molecule is CCOC(=O)c1noc(-c2cc(C(C)C)c(C)cc2O)c1NC(C)=O. The fourth-order valence-corrected chi connectivity index (χ4v) is 2.62. The topological polar surface area (TPSA) is 102 Å². The summed E-state index contributed by atoms with van der Waals surface area (Å²) in [6.07, 6.45) is 0. The van der Waals surface area contributed by atoms with Crippen LogP contribution in [0.15, 0.2) is 16.7 Å². The minimum atomic E-state index is -0.711. The smallest absolute Gasteiger partial charge is 0.362 e. The molecule has 134 valence electrons. The Morgan fingerprint density at radius 3 is 2.60 bits per heavy atom. The van der Waals surface area contributed by atoms with Crippen molar-refractivity contribution in [3.63, 3.8) is 0 Å². The molecule has 1 amide bonds. The number of nitrogens with zero attached hydrogens (tertiary/aromatic N) is 1. The Kier molecular flexibility index (Phi) is 5.46. The van der Waals surface area contributed by atoms with Gasteiger partial charge in [0.15, 0.2) is 5.76 Å². The summed E-state index contributed by atoms with van der Waals surface area (Å²) in [6, 6.07) is 3.39. The number of amides is 1. The molecule has 0 spiro atoms. The number of carbonyl (C=O) groups excluding carboxylic acids is 2. The van der Waals surface area contributed by atoms with Gasteiger partial charge in [-0.05, 0) is 43.0 Å². The summed E-state index contributed by atoms with van der Waals surface area (Å²) in [5, 5.41) is 16.6. The van der Waals surface area contributed by atoms with E-state index in [-0.39, 0.29) is 35.4 Å². The van der Waals surface area contributed by atoms with Crippen LogP contribution in [0.5, 0.6) is 5.75 Å². The highest BCUT2D eigenvalue weighted by atomic mass is 16.5. The Balaban J connectivity index is 2.65. The molecule has 1 aromatic carbocycles. The zero-order valence-electron chi connectivity index (χ0n) is 15.0. The van der Waals surface area contributed by atoms with Crippen molar-refractivity contribution < 1.29 is 24.0 Å². The van der Waals surface area contributed by atoms with Crippen molar-refractivity contribution >= 4 is 17.6 Å². The Bertz CT molecular complexity index is 808. The van der Waals surface area contributed by atoms with Crippen molar-refractivity contribution in [1.82, 2.24) is 5.16 Å². The zero-order chi connectivity index (χ0) is 18.7. The lowest BCUT2D eigenvalue weighted by Crippen LogP contribution is -2.12. The second-order valence-electron chi connectivity index (χ2n) is 6.02. The quantitative estimate of drug-likeness (QED) is 0.802. The lowest BCUT2D eigenvalue weighted by atomic mass is 9.94.